The first-order chi connectivity index (χ1) is 15.1. The Morgan fingerprint density at radius 2 is 1.87 bits per heavy atom. The fraction of sp³-hybridized carbons (Fsp3) is 0.400. The summed E-state index contributed by atoms with van der Waals surface area (Å²) in [5, 5.41) is 4.23. The largest absolute Gasteiger partial charge is 0.493 e. The van der Waals surface area contributed by atoms with Crippen molar-refractivity contribution < 1.29 is 19.0 Å². The summed E-state index contributed by atoms with van der Waals surface area (Å²) in [6, 6.07) is 14.1. The molecule has 31 heavy (non-hydrogen) atoms. The van der Waals surface area contributed by atoms with Crippen LogP contribution in [0.3, 0.4) is 0 Å². The molecule has 0 saturated carbocycles. The lowest BCUT2D eigenvalue weighted by atomic mass is 9.90. The average Bonchev–Trinajstić information content (AvgIpc) is 3.22. The smallest absolute Gasteiger partial charge is 0.249 e. The van der Waals surface area contributed by atoms with Gasteiger partial charge in [0.15, 0.2) is 11.5 Å². The number of carbonyl (C=O) groups is 1. The van der Waals surface area contributed by atoms with Crippen molar-refractivity contribution in [3.63, 3.8) is 0 Å². The lowest BCUT2D eigenvalue weighted by molar-refractivity contribution is -0.132. The number of benzene rings is 2. The summed E-state index contributed by atoms with van der Waals surface area (Å²) < 4.78 is 16.8. The number of aromatic nitrogens is 1. The van der Waals surface area contributed by atoms with E-state index in [4.69, 9.17) is 14.2 Å². The van der Waals surface area contributed by atoms with E-state index >= 15 is 0 Å². The number of carbonyl (C=O) groups excluding carboxylic acids is 1. The predicted octanol–water partition coefficient (Wildman–Crippen LogP) is 4.64. The molecule has 0 aliphatic rings. The first-order valence-corrected chi connectivity index (χ1v) is 10.9. The first kappa shape index (κ1) is 22.7. The van der Waals surface area contributed by atoms with Gasteiger partial charge in [0, 0.05) is 36.2 Å². The third-order valence-corrected chi connectivity index (χ3v) is 5.40. The molecule has 1 heterocycles. The Hall–Kier alpha value is -2.99. The number of rotatable bonds is 11. The second kappa shape index (κ2) is 10.9. The molecule has 6 heteroatoms. The van der Waals surface area contributed by atoms with Crippen molar-refractivity contribution in [2.24, 2.45) is 0 Å². The lowest BCUT2D eigenvalue weighted by Gasteiger charge is -2.22. The minimum Gasteiger partial charge on any atom is -0.493 e. The van der Waals surface area contributed by atoms with Crippen LogP contribution in [0, 0.1) is 0 Å². The van der Waals surface area contributed by atoms with Crippen molar-refractivity contribution in [2.45, 2.75) is 39.2 Å². The number of methoxy groups -OCH3 is 1. The Labute approximate surface area is 183 Å². The van der Waals surface area contributed by atoms with E-state index < -0.39 is 6.10 Å². The minimum absolute atomic E-state index is 0.0659. The van der Waals surface area contributed by atoms with Gasteiger partial charge in [0.1, 0.15) is 6.10 Å². The van der Waals surface area contributed by atoms with Crippen molar-refractivity contribution >= 4 is 16.8 Å². The van der Waals surface area contributed by atoms with Gasteiger partial charge < -0.3 is 24.5 Å². The highest BCUT2D eigenvalue weighted by molar-refractivity contribution is 5.85. The van der Waals surface area contributed by atoms with E-state index in [-0.39, 0.29) is 11.8 Å². The number of fused-ring (bicyclic) bond motifs is 1. The number of nitrogens with one attached hydrogen (secondary N) is 2. The summed E-state index contributed by atoms with van der Waals surface area (Å²) in [6.07, 6.45) is 2.21. The molecule has 0 fully saturated rings. The number of amides is 1. The highest BCUT2D eigenvalue weighted by Gasteiger charge is 2.23. The van der Waals surface area contributed by atoms with Gasteiger partial charge in [-0.15, -0.1) is 0 Å². The number of aromatic amines is 1. The Balaban J connectivity index is 1.96. The Morgan fingerprint density at radius 3 is 2.58 bits per heavy atom. The van der Waals surface area contributed by atoms with Crippen LogP contribution in [0.5, 0.6) is 11.5 Å². The molecule has 2 atom stereocenters. The molecule has 6 nitrogen and oxygen atoms in total. The zero-order valence-electron chi connectivity index (χ0n) is 18.7. The second-order valence-corrected chi connectivity index (χ2v) is 7.28. The van der Waals surface area contributed by atoms with Crippen molar-refractivity contribution in [3.05, 3.63) is 59.8 Å². The molecule has 3 rings (SSSR count). The van der Waals surface area contributed by atoms with Gasteiger partial charge in [-0.3, -0.25) is 4.79 Å². The molecule has 0 unspecified atom stereocenters. The molecule has 166 valence electrons. The van der Waals surface area contributed by atoms with Gasteiger partial charge in [-0.2, -0.15) is 0 Å². The predicted molar refractivity (Wildman–Crippen MR) is 123 cm³/mol. The van der Waals surface area contributed by atoms with Gasteiger partial charge >= 0.3 is 0 Å². The van der Waals surface area contributed by atoms with E-state index in [1.54, 1.807) is 7.11 Å². The molecular weight excluding hydrogens is 392 g/mol. The quantitative estimate of drug-likeness (QED) is 0.470. The minimum atomic E-state index is -0.441. The zero-order chi connectivity index (χ0) is 22.2. The van der Waals surface area contributed by atoms with Crippen molar-refractivity contribution in [1.29, 1.82) is 0 Å². The van der Waals surface area contributed by atoms with E-state index in [1.807, 2.05) is 57.3 Å². The number of hydrogen-bond acceptors (Lipinski definition) is 4. The van der Waals surface area contributed by atoms with Crippen molar-refractivity contribution in [1.82, 2.24) is 10.3 Å². The molecular formula is C25H32N2O4. The van der Waals surface area contributed by atoms with E-state index in [1.165, 1.54) is 0 Å². The fourth-order valence-corrected chi connectivity index (χ4v) is 3.86. The maximum atomic E-state index is 12.7. The number of para-hydroxylation sites is 1. The summed E-state index contributed by atoms with van der Waals surface area (Å²) in [7, 11) is 1.64. The van der Waals surface area contributed by atoms with Gasteiger partial charge in [0.05, 0.1) is 13.7 Å². The van der Waals surface area contributed by atoms with Gasteiger partial charge in [-0.25, -0.2) is 0 Å². The number of H-pyrrole nitrogens is 1. The van der Waals surface area contributed by atoms with Crippen LogP contribution in [0.4, 0.5) is 0 Å². The van der Waals surface area contributed by atoms with Crippen molar-refractivity contribution in [2.75, 3.05) is 26.9 Å². The Kier molecular flexibility index (Phi) is 7.95. The fourth-order valence-electron chi connectivity index (χ4n) is 3.86. The number of ether oxygens (including phenoxy) is 3. The molecule has 2 aromatic carbocycles. The van der Waals surface area contributed by atoms with E-state index in [0.717, 1.165) is 22.0 Å². The van der Waals surface area contributed by atoms with Crippen LogP contribution < -0.4 is 14.8 Å². The molecule has 0 bridgehead atoms. The topological polar surface area (TPSA) is 72.6 Å². The van der Waals surface area contributed by atoms with Crippen LogP contribution >= 0.6 is 0 Å². The van der Waals surface area contributed by atoms with E-state index in [9.17, 15) is 4.79 Å². The van der Waals surface area contributed by atoms with Crippen LogP contribution in [-0.2, 0) is 9.53 Å². The van der Waals surface area contributed by atoms with Gasteiger partial charge in [0.2, 0.25) is 5.91 Å². The molecule has 0 radical (unpaired) electrons. The van der Waals surface area contributed by atoms with Crippen LogP contribution in [0.2, 0.25) is 0 Å². The van der Waals surface area contributed by atoms with Gasteiger partial charge in [-0.05, 0) is 49.6 Å². The molecule has 1 aromatic heterocycles. The summed E-state index contributed by atoms with van der Waals surface area (Å²) in [4.78, 5) is 16.1. The van der Waals surface area contributed by atoms with Crippen LogP contribution in [0.25, 0.3) is 10.9 Å². The maximum absolute atomic E-state index is 12.7. The zero-order valence-corrected chi connectivity index (χ0v) is 18.7. The third-order valence-electron chi connectivity index (χ3n) is 5.40. The number of hydrogen-bond donors (Lipinski definition) is 2. The summed E-state index contributed by atoms with van der Waals surface area (Å²) in [6.45, 7) is 7.31. The van der Waals surface area contributed by atoms with E-state index in [2.05, 4.69) is 22.4 Å². The van der Waals surface area contributed by atoms with Gasteiger partial charge in [-0.1, -0.05) is 31.2 Å². The van der Waals surface area contributed by atoms with Crippen LogP contribution in [-0.4, -0.2) is 43.9 Å². The SMILES string of the molecule is CCOc1ccc([C@H](CNC(=O)[C@@H](CC)OCC)c2c[nH]c3ccccc23)cc1OC. The standard InChI is InChI=1S/C25H32N2O4/c1-5-22(30-6-2)25(28)27-15-19(20-16-26-21-11-9-8-10-18(20)21)17-12-13-23(31-7-3)24(14-17)29-4/h8-14,16,19,22,26H,5-7,15H2,1-4H3,(H,27,28)/t19-,22+/m0/s1. The molecule has 1 amide bonds. The third kappa shape index (κ3) is 5.20. The maximum Gasteiger partial charge on any atom is 0.249 e. The monoisotopic (exact) mass is 424 g/mol. The normalized spacial score (nSPS) is 13.0. The summed E-state index contributed by atoms with van der Waals surface area (Å²) in [5.74, 6) is 1.23. The molecule has 3 aromatic rings. The van der Waals surface area contributed by atoms with Crippen molar-refractivity contribution in [3.8, 4) is 11.5 Å². The summed E-state index contributed by atoms with van der Waals surface area (Å²) in [5.41, 5.74) is 3.22. The second-order valence-electron chi connectivity index (χ2n) is 7.28. The Morgan fingerprint density at radius 1 is 1.06 bits per heavy atom. The first-order valence-electron chi connectivity index (χ1n) is 10.9. The van der Waals surface area contributed by atoms with Crippen LogP contribution in [0.15, 0.2) is 48.7 Å². The van der Waals surface area contributed by atoms with Crippen LogP contribution in [0.1, 0.15) is 44.2 Å². The molecule has 0 aliphatic carbocycles. The highest BCUT2D eigenvalue weighted by Crippen LogP contribution is 2.35. The molecule has 0 spiro atoms. The lowest BCUT2D eigenvalue weighted by Crippen LogP contribution is -2.38. The highest BCUT2D eigenvalue weighted by atomic mass is 16.5. The average molecular weight is 425 g/mol. The molecule has 2 N–H and O–H groups in total. The van der Waals surface area contributed by atoms with Gasteiger partial charge in [0.25, 0.3) is 0 Å². The Bertz CT molecular complexity index is 998. The van der Waals surface area contributed by atoms with E-state index in [0.29, 0.717) is 37.7 Å². The molecule has 0 saturated heterocycles. The summed E-state index contributed by atoms with van der Waals surface area (Å²) >= 11 is 0. The molecule has 0 aliphatic heterocycles.